The van der Waals surface area contributed by atoms with Gasteiger partial charge in [0.05, 0.1) is 0 Å². The highest BCUT2D eigenvalue weighted by Gasteiger charge is 2.38. The Bertz CT molecular complexity index is 599. The lowest BCUT2D eigenvalue weighted by molar-refractivity contribution is -0.120. The maximum Gasteiger partial charge on any atom is 0.316 e. The highest BCUT2D eigenvalue weighted by molar-refractivity contribution is 6.30. The van der Waals surface area contributed by atoms with Gasteiger partial charge in [-0.15, -0.1) is 0 Å². The van der Waals surface area contributed by atoms with Crippen LogP contribution in [0.5, 0.6) is 0 Å². The van der Waals surface area contributed by atoms with E-state index in [9.17, 15) is 9.59 Å². The normalized spacial score (nSPS) is 24.9. The first-order valence-electron chi connectivity index (χ1n) is 8.70. The van der Waals surface area contributed by atoms with Crippen LogP contribution >= 0.6 is 11.6 Å². The van der Waals surface area contributed by atoms with E-state index in [0.717, 1.165) is 18.5 Å². The quantitative estimate of drug-likeness (QED) is 0.874. The van der Waals surface area contributed by atoms with Gasteiger partial charge in [-0.1, -0.05) is 37.8 Å². The molecule has 1 aliphatic carbocycles. The van der Waals surface area contributed by atoms with Gasteiger partial charge < -0.3 is 10.6 Å². The smallest absolute Gasteiger partial charge is 0.316 e. The molecule has 2 unspecified atom stereocenters. The summed E-state index contributed by atoms with van der Waals surface area (Å²) < 4.78 is 0. The first-order chi connectivity index (χ1) is 11.5. The molecule has 0 aromatic heterocycles. The second-order valence-corrected chi connectivity index (χ2v) is 7.23. The summed E-state index contributed by atoms with van der Waals surface area (Å²) in [5.41, 5.74) is 0.761. The van der Waals surface area contributed by atoms with Gasteiger partial charge in [0.15, 0.2) is 0 Å². The molecule has 1 aromatic carbocycles. The second-order valence-electron chi connectivity index (χ2n) is 6.79. The van der Waals surface area contributed by atoms with E-state index in [0.29, 0.717) is 11.4 Å². The molecule has 2 fully saturated rings. The SMILES string of the molecule is CC1CC(NC(=O)NC2CCCCC2)N(c2ccc(Cl)cc2)C1=O. The highest BCUT2D eigenvalue weighted by Crippen LogP contribution is 2.30. The maximum atomic E-state index is 12.5. The molecule has 1 heterocycles. The van der Waals surface area contributed by atoms with Crippen molar-refractivity contribution in [1.29, 1.82) is 0 Å². The molecule has 1 aliphatic heterocycles. The van der Waals surface area contributed by atoms with Crippen LogP contribution in [0.1, 0.15) is 45.4 Å². The lowest BCUT2D eigenvalue weighted by Gasteiger charge is -2.28. The van der Waals surface area contributed by atoms with Crippen LogP contribution < -0.4 is 15.5 Å². The summed E-state index contributed by atoms with van der Waals surface area (Å²) in [5, 5.41) is 6.64. The molecule has 0 bridgehead atoms. The largest absolute Gasteiger partial charge is 0.335 e. The van der Waals surface area contributed by atoms with E-state index >= 15 is 0 Å². The number of amides is 3. The van der Waals surface area contributed by atoms with Crippen LogP contribution in [-0.2, 0) is 4.79 Å². The summed E-state index contributed by atoms with van der Waals surface area (Å²) in [7, 11) is 0. The van der Waals surface area contributed by atoms with Gasteiger partial charge in [-0.05, 0) is 43.5 Å². The molecule has 24 heavy (non-hydrogen) atoms. The molecular weight excluding hydrogens is 326 g/mol. The summed E-state index contributed by atoms with van der Waals surface area (Å²) >= 11 is 5.93. The number of halogens is 1. The number of rotatable bonds is 3. The standard InChI is InChI=1S/C18H24ClN3O2/c1-12-11-16(21-18(24)20-14-5-3-2-4-6-14)22(17(12)23)15-9-7-13(19)8-10-15/h7-10,12,14,16H,2-6,11H2,1H3,(H2,20,21,24). The van der Waals surface area contributed by atoms with Crippen LogP contribution in [0.15, 0.2) is 24.3 Å². The molecule has 1 aromatic rings. The van der Waals surface area contributed by atoms with Crippen LogP contribution in [0.3, 0.4) is 0 Å². The van der Waals surface area contributed by atoms with Gasteiger partial charge in [-0.25, -0.2) is 4.79 Å². The lowest BCUT2D eigenvalue weighted by Crippen LogP contribution is -2.51. The number of nitrogens with zero attached hydrogens (tertiary/aromatic N) is 1. The van der Waals surface area contributed by atoms with E-state index in [4.69, 9.17) is 11.6 Å². The molecule has 0 radical (unpaired) electrons. The van der Waals surface area contributed by atoms with Gasteiger partial charge in [0, 0.05) is 22.7 Å². The van der Waals surface area contributed by atoms with E-state index in [1.807, 2.05) is 19.1 Å². The fraction of sp³-hybridized carbons (Fsp3) is 0.556. The molecule has 2 aliphatic rings. The van der Waals surface area contributed by atoms with Gasteiger partial charge in [0.2, 0.25) is 5.91 Å². The van der Waals surface area contributed by atoms with Gasteiger partial charge in [-0.3, -0.25) is 9.69 Å². The van der Waals surface area contributed by atoms with Crippen LogP contribution in [0.2, 0.25) is 5.02 Å². The number of urea groups is 1. The number of hydrogen-bond donors (Lipinski definition) is 2. The molecule has 0 spiro atoms. The van der Waals surface area contributed by atoms with Crippen molar-refractivity contribution in [3.05, 3.63) is 29.3 Å². The lowest BCUT2D eigenvalue weighted by atomic mass is 9.96. The molecule has 5 nitrogen and oxygen atoms in total. The van der Waals surface area contributed by atoms with Crippen molar-refractivity contribution in [2.75, 3.05) is 4.90 Å². The third-order valence-electron chi connectivity index (χ3n) is 4.89. The highest BCUT2D eigenvalue weighted by atomic mass is 35.5. The fourth-order valence-electron chi connectivity index (χ4n) is 3.59. The van der Waals surface area contributed by atoms with Gasteiger partial charge in [0.25, 0.3) is 0 Å². The van der Waals surface area contributed by atoms with Crippen molar-refractivity contribution in [2.45, 2.75) is 57.7 Å². The van der Waals surface area contributed by atoms with Crippen molar-refractivity contribution in [2.24, 2.45) is 5.92 Å². The summed E-state index contributed by atoms with van der Waals surface area (Å²) in [6.07, 6.45) is 5.94. The Morgan fingerprint density at radius 2 is 1.79 bits per heavy atom. The van der Waals surface area contributed by atoms with E-state index in [2.05, 4.69) is 10.6 Å². The molecule has 130 valence electrons. The van der Waals surface area contributed by atoms with Crippen LogP contribution in [0, 0.1) is 5.92 Å². The van der Waals surface area contributed by atoms with Crippen molar-refractivity contribution < 1.29 is 9.59 Å². The zero-order valence-electron chi connectivity index (χ0n) is 13.9. The van der Waals surface area contributed by atoms with Gasteiger partial charge in [-0.2, -0.15) is 0 Å². The van der Waals surface area contributed by atoms with Crippen molar-refractivity contribution in [1.82, 2.24) is 10.6 Å². The minimum atomic E-state index is -0.322. The fourth-order valence-corrected chi connectivity index (χ4v) is 3.72. The van der Waals surface area contributed by atoms with E-state index in [-0.39, 0.29) is 30.1 Å². The van der Waals surface area contributed by atoms with Gasteiger partial charge >= 0.3 is 6.03 Å². The third-order valence-corrected chi connectivity index (χ3v) is 5.14. The maximum absolute atomic E-state index is 12.5. The molecule has 6 heteroatoms. The summed E-state index contributed by atoms with van der Waals surface area (Å²) in [5.74, 6) is -0.0825. The topological polar surface area (TPSA) is 61.4 Å². The molecule has 3 amide bonds. The number of nitrogens with one attached hydrogen (secondary N) is 2. The Kier molecular flexibility index (Phi) is 5.29. The molecular formula is C18H24ClN3O2. The van der Waals surface area contributed by atoms with Crippen LogP contribution in [0.25, 0.3) is 0 Å². The number of carbonyl (C=O) groups is 2. The average molecular weight is 350 g/mol. The van der Waals surface area contributed by atoms with Gasteiger partial charge in [0.1, 0.15) is 6.17 Å². The Labute approximate surface area is 147 Å². The zero-order chi connectivity index (χ0) is 17.1. The predicted molar refractivity (Wildman–Crippen MR) is 95.0 cm³/mol. The predicted octanol–water partition coefficient (Wildman–Crippen LogP) is 3.67. The number of carbonyl (C=O) groups excluding carboxylic acids is 2. The van der Waals surface area contributed by atoms with Crippen LogP contribution in [-0.4, -0.2) is 24.1 Å². The average Bonchev–Trinajstić information content (AvgIpc) is 2.83. The first-order valence-corrected chi connectivity index (χ1v) is 9.08. The molecule has 1 saturated carbocycles. The van der Waals surface area contributed by atoms with E-state index in [1.54, 1.807) is 17.0 Å². The molecule has 3 rings (SSSR count). The summed E-state index contributed by atoms with van der Waals surface area (Å²) in [6, 6.07) is 7.20. The number of anilines is 1. The third kappa shape index (κ3) is 3.83. The Balaban J connectivity index is 1.67. The molecule has 2 atom stereocenters. The minimum Gasteiger partial charge on any atom is -0.335 e. The monoisotopic (exact) mass is 349 g/mol. The van der Waals surface area contributed by atoms with Crippen molar-refractivity contribution in [3.8, 4) is 0 Å². The summed E-state index contributed by atoms with van der Waals surface area (Å²) in [4.78, 5) is 26.5. The minimum absolute atomic E-state index is 0.0280. The van der Waals surface area contributed by atoms with E-state index < -0.39 is 0 Å². The van der Waals surface area contributed by atoms with Crippen LogP contribution in [0.4, 0.5) is 10.5 Å². The second kappa shape index (κ2) is 7.43. The Hall–Kier alpha value is -1.75. The number of benzene rings is 1. The van der Waals surface area contributed by atoms with Crippen molar-refractivity contribution >= 4 is 29.2 Å². The molecule has 1 saturated heterocycles. The van der Waals surface area contributed by atoms with E-state index in [1.165, 1.54) is 19.3 Å². The first kappa shape index (κ1) is 17.1. The molecule has 2 N–H and O–H groups in total. The Morgan fingerprint density at radius 3 is 2.46 bits per heavy atom. The summed E-state index contributed by atoms with van der Waals surface area (Å²) in [6.45, 7) is 1.89. The van der Waals surface area contributed by atoms with Crippen molar-refractivity contribution in [3.63, 3.8) is 0 Å². The zero-order valence-corrected chi connectivity index (χ0v) is 14.7. The number of hydrogen-bond acceptors (Lipinski definition) is 2. The Morgan fingerprint density at radius 1 is 1.12 bits per heavy atom.